The Labute approximate surface area is 131 Å². The van der Waals surface area contributed by atoms with Gasteiger partial charge in [0.1, 0.15) is 0 Å². The van der Waals surface area contributed by atoms with Crippen LogP contribution in [0.2, 0.25) is 0 Å². The van der Waals surface area contributed by atoms with Gasteiger partial charge in [0.2, 0.25) is 0 Å². The largest absolute Gasteiger partial charge is 0.491 e. The molecule has 3 N–H and O–H groups in total. The van der Waals surface area contributed by atoms with Gasteiger partial charge < -0.3 is 35.1 Å². The summed E-state index contributed by atoms with van der Waals surface area (Å²) >= 11 is 0. The molecule has 1 unspecified atom stereocenters. The molecule has 12 nitrogen and oxygen atoms in total. The number of amides is 1. The molecule has 1 heterocycles. The number of aliphatic hydroxyl groups is 3. The SMILES string of the molecule is COCC(O)Cn1nc([N+](=O)[O-])nc1C(=O)N(CCO)CCO. The zero-order chi connectivity index (χ0) is 17.4. The summed E-state index contributed by atoms with van der Waals surface area (Å²) in [5.74, 6) is -1.90. The molecule has 0 aliphatic rings. The van der Waals surface area contributed by atoms with Crippen LogP contribution < -0.4 is 0 Å². The van der Waals surface area contributed by atoms with E-state index >= 15 is 0 Å². The number of nitrogens with zero attached hydrogens (tertiary/aromatic N) is 5. The molecule has 1 amide bonds. The van der Waals surface area contributed by atoms with Crippen LogP contribution >= 0.6 is 0 Å². The quantitative estimate of drug-likeness (QED) is 0.313. The average molecular weight is 333 g/mol. The van der Waals surface area contributed by atoms with E-state index in [-0.39, 0.29) is 45.3 Å². The number of carbonyl (C=O) groups is 1. The zero-order valence-corrected chi connectivity index (χ0v) is 12.5. The predicted octanol–water partition coefficient (Wildman–Crippen LogP) is -2.38. The van der Waals surface area contributed by atoms with Crippen molar-refractivity contribution in [1.82, 2.24) is 19.7 Å². The molecule has 0 fully saturated rings. The second kappa shape index (κ2) is 9.09. The van der Waals surface area contributed by atoms with Crippen LogP contribution in [-0.4, -0.2) is 91.9 Å². The first-order valence-electron chi connectivity index (χ1n) is 6.71. The van der Waals surface area contributed by atoms with Crippen LogP contribution in [0.3, 0.4) is 0 Å². The lowest BCUT2D eigenvalue weighted by molar-refractivity contribution is -0.394. The van der Waals surface area contributed by atoms with Crippen molar-refractivity contribution in [2.45, 2.75) is 12.6 Å². The molecular formula is C11H19N5O7. The van der Waals surface area contributed by atoms with E-state index in [1.165, 1.54) is 7.11 Å². The summed E-state index contributed by atoms with van der Waals surface area (Å²) in [5.41, 5.74) is 0. The molecule has 130 valence electrons. The van der Waals surface area contributed by atoms with Crippen molar-refractivity contribution < 1.29 is 29.8 Å². The van der Waals surface area contributed by atoms with Crippen molar-refractivity contribution in [3.8, 4) is 0 Å². The van der Waals surface area contributed by atoms with E-state index in [2.05, 4.69) is 10.1 Å². The monoisotopic (exact) mass is 333 g/mol. The Morgan fingerprint density at radius 2 is 2.04 bits per heavy atom. The highest BCUT2D eigenvalue weighted by atomic mass is 16.6. The molecule has 0 aliphatic carbocycles. The van der Waals surface area contributed by atoms with Crippen LogP contribution in [0, 0.1) is 10.1 Å². The molecule has 0 saturated carbocycles. The van der Waals surface area contributed by atoms with Gasteiger partial charge in [-0.15, -0.1) is 0 Å². The Kier molecular flexibility index (Phi) is 7.47. The van der Waals surface area contributed by atoms with Crippen molar-refractivity contribution >= 4 is 11.9 Å². The molecule has 1 rings (SSSR count). The van der Waals surface area contributed by atoms with Gasteiger partial charge in [0.15, 0.2) is 0 Å². The minimum absolute atomic E-state index is 0.0573. The van der Waals surface area contributed by atoms with E-state index in [1.54, 1.807) is 0 Å². The molecular weight excluding hydrogens is 314 g/mol. The average Bonchev–Trinajstić information content (AvgIpc) is 2.90. The second-order valence-electron chi connectivity index (χ2n) is 4.52. The lowest BCUT2D eigenvalue weighted by Gasteiger charge is -2.19. The minimum atomic E-state index is -1.04. The molecule has 12 heteroatoms. The van der Waals surface area contributed by atoms with Crippen LogP contribution in [-0.2, 0) is 11.3 Å². The Balaban J connectivity index is 3.10. The van der Waals surface area contributed by atoms with Crippen LogP contribution in [0.5, 0.6) is 0 Å². The van der Waals surface area contributed by atoms with Crippen LogP contribution in [0.4, 0.5) is 5.95 Å². The third-order valence-corrected chi connectivity index (χ3v) is 2.78. The summed E-state index contributed by atoms with van der Waals surface area (Å²) in [6, 6.07) is 0. The van der Waals surface area contributed by atoms with Crippen LogP contribution in [0.1, 0.15) is 10.6 Å². The predicted molar refractivity (Wildman–Crippen MR) is 74.6 cm³/mol. The van der Waals surface area contributed by atoms with E-state index in [4.69, 9.17) is 14.9 Å². The van der Waals surface area contributed by atoms with Crippen molar-refractivity contribution in [3.05, 3.63) is 15.9 Å². The fourth-order valence-electron chi connectivity index (χ4n) is 1.84. The first-order chi connectivity index (χ1) is 10.9. The maximum absolute atomic E-state index is 12.4. The molecule has 1 atom stereocenters. The summed E-state index contributed by atoms with van der Waals surface area (Å²) in [7, 11) is 1.36. The number of aliphatic hydroxyl groups excluding tert-OH is 3. The van der Waals surface area contributed by atoms with E-state index in [1.807, 2.05) is 0 Å². The van der Waals surface area contributed by atoms with Crippen molar-refractivity contribution in [2.24, 2.45) is 0 Å². The molecule has 23 heavy (non-hydrogen) atoms. The number of nitro groups is 1. The van der Waals surface area contributed by atoms with E-state index in [0.29, 0.717) is 0 Å². The van der Waals surface area contributed by atoms with Crippen molar-refractivity contribution in [1.29, 1.82) is 0 Å². The van der Waals surface area contributed by atoms with E-state index in [0.717, 1.165) is 9.58 Å². The number of ether oxygens (including phenoxy) is 1. The lowest BCUT2D eigenvalue weighted by atomic mass is 10.3. The number of carbonyl (C=O) groups excluding carboxylic acids is 1. The van der Waals surface area contributed by atoms with Gasteiger partial charge in [-0.25, -0.2) is 0 Å². The molecule has 1 aromatic heterocycles. The summed E-state index contributed by atoms with van der Waals surface area (Å²) in [6.07, 6.45) is -1.04. The van der Waals surface area contributed by atoms with Gasteiger partial charge in [-0.3, -0.25) is 4.79 Å². The third kappa shape index (κ3) is 5.21. The third-order valence-electron chi connectivity index (χ3n) is 2.78. The Morgan fingerprint density at radius 1 is 1.43 bits per heavy atom. The highest BCUT2D eigenvalue weighted by molar-refractivity contribution is 5.91. The fourth-order valence-corrected chi connectivity index (χ4v) is 1.84. The van der Waals surface area contributed by atoms with Gasteiger partial charge in [-0.2, -0.15) is 4.68 Å². The summed E-state index contributed by atoms with van der Waals surface area (Å²) in [5, 5.41) is 42.0. The first kappa shape index (κ1) is 18.9. The highest BCUT2D eigenvalue weighted by Crippen LogP contribution is 2.10. The Hall–Kier alpha value is -2.15. The first-order valence-corrected chi connectivity index (χ1v) is 6.71. The van der Waals surface area contributed by atoms with E-state index in [9.17, 15) is 20.0 Å². The van der Waals surface area contributed by atoms with Gasteiger partial charge in [0, 0.05) is 25.3 Å². The molecule has 0 aliphatic heterocycles. The standard InChI is InChI=1S/C11H19N5O7/c1-23-7-8(19)6-15-9(12-11(13-15)16(21)22)10(20)14(2-4-17)3-5-18/h8,17-19H,2-7H2,1H3. The number of rotatable bonds is 10. The molecule has 0 spiro atoms. The maximum atomic E-state index is 12.4. The minimum Gasteiger partial charge on any atom is -0.395 e. The second-order valence-corrected chi connectivity index (χ2v) is 4.52. The molecule has 0 bridgehead atoms. The summed E-state index contributed by atoms with van der Waals surface area (Å²) < 4.78 is 5.66. The van der Waals surface area contributed by atoms with Gasteiger partial charge in [0.05, 0.1) is 32.5 Å². The molecule has 1 aromatic rings. The fraction of sp³-hybridized carbons (Fsp3) is 0.727. The van der Waals surface area contributed by atoms with Gasteiger partial charge in [-0.05, 0) is 9.91 Å². The summed E-state index contributed by atoms with van der Waals surface area (Å²) in [6.45, 7) is -1.16. The smallest absolute Gasteiger partial charge is 0.395 e. The van der Waals surface area contributed by atoms with E-state index < -0.39 is 22.9 Å². The number of hydrogen-bond acceptors (Lipinski definition) is 9. The Bertz CT molecular complexity index is 529. The number of hydrogen-bond donors (Lipinski definition) is 3. The number of aromatic nitrogens is 3. The van der Waals surface area contributed by atoms with Crippen molar-refractivity contribution in [2.75, 3.05) is 40.0 Å². The highest BCUT2D eigenvalue weighted by Gasteiger charge is 2.31. The molecule has 0 saturated heterocycles. The van der Waals surface area contributed by atoms with Crippen LogP contribution in [0.15, 0.2) is 0 Å². The molecule has 0 aromatic carbocycles. The Morgan fingerprint density at radius 3 is 2.52 bits per heavy atom. The normalized spacial score (nSPS) is 12.2. The maximum Gasteiger partial charge on any atom is 0.491 e. The topological polar surface area (TPSA) is 164 Å². The van der Waals surface area contributed by atoms with Crippen molar-refractivity contribution in [3.63, 3.8) is 0 Å². The van der Waals surface area contributed by atoms with Gasteiger partial charge >= 0.3 is 17.7 Å². The lowest BCUT2D eigenvalue weighted by Crippen LogP contribution is -2.38. The van der Waals surface area contributed by atoms with Gasteiger partial charge in [-0.1, -0.05) is 0 Å². The number of methoxy groups -OCH3 is 1. The van der Waals surface area contributed by atoms with Crippen LogP contribution in [0.25, 0.3) is 0 Å². The zero-order valence-electron chi connectivity index (χ0n) is 12.5. The summed E-state index contributed by atoms with van der Waals surface area (Å²) in [4.78, 5) is 26.9. The van der Waals surface area contributed by atoms with Gasteiger partial charge in [0.25, 0.3) is 0 Å². The molecule has 0 radical (unpaired) electrons.